The first-order valence-corrected chi connectivity index (χ1v) is 8.89. The van der Waals surface area contributed by atoms with E-state index in [-0.39, 0.29) is 11.8 Å². The van der Waals surface area contributed by atoms with Crippen LogP contribution in [0.25, 0.3) is 0 Å². The minimum absolute atomic E-state index is 0.0410. The summed E-state index contributed by atoms with van der Waals surface area (Å²) in [6, 6.07) is 6.96. The van der Waals surface area contributed by atoms with Crippen molar-refractivity contribution < 1.29 is 9.59 Å². The van der Waals surface area contributed by atoms with Gasteiger partial charge >= 0.3 is 0 Å². The van der Waals surface area contributed by atoms with E-state index in [9.17, 15) is 9.59 Å². The zero-order valence-electron chi connectivity index (χ0n) is 14.4. The summed E-state index contributed by atoms with van der Waals surface area (Å²) in [6.07, 6.45) is 1.47. The van der Waals surface area contributed by atoms with Gasteiger partial charge in [0.25, 0.3) is 5.91 Å². The molecule has 0 spiro atoms. The van der Waals surface area contributed by atoms with Gasteiger partial charge in [-0.1, -0.05) is 31.5 Å². The normalized spacial score (nSPS) is 15.5. The van der Waals surface area contributed by atoms with E-state index in [4.69, 9.17) is 17.3 Å². The largest absolute Gasteiger partial charge is 0.339 e. The van der Waals surface area contributed by atoms with Crippen molar-refractivity contribution in [1.29, 1.82) is 0 Å². The third kappa shape index (κ3) is 3.73. The molecule has 1 saturated heterocycles. The lowest BCUT2D eigenvalue weighted by Crippen LogP contribution is -2.55. The molecule has 0 bridgehead atoms. The number of piperazine rings is 1. The van der Waals surface area contributed by atoms with Crippen LogP contribution in [0.15, 0.2) is 24.3 Å². The molecule has 1 aliphatic rings. The number of hydrogen-bond donors (Lipinski definition) is 1. The Morgan fingerprint density at radius 3 is 2.21 bits per heavy atom. The van der Waals surface area contributed by atoms with Crippen molar-refractivity contribution in [2.75, 3.05) is 32.7 Å². The lowest BCUT2D eigenvalue weighted by molar-refractivity contribution is -0.143. The van der Waals surface area contributed by atoms with Gasteiger partial charge in [0.1, 0.15) is 0 Å². The lowest BCUT2D eigenvalue weighted by Gasteiger charge is -2.40. The molecule has 132 valence electrons. The van der Waals surface area contributed by atoms with E-state index in [2.05, 4.69) is 0 Å². The van der Waals surface area contributed by atoms with Crippen molar-refractivity contribution in [1.82, 2.24) is 9.80 Å². The van der Waals surface area contributed by atoms with Crippen LogP contribution in [0.1, 0.15) is 37.0 Å². The summed E-state index contributed by atoms with van der Waals surface area (Å²) in [5.74, 6) is 0.0746. The minimum Gasteiger partial charge on any atom is -0.339 e. The number of halogens is 1. The van der Waals surface area contributed by atoms with Crippen LogP contribution in [0.3, 0.4) is 0 Å². The van der Waals surface area contributed by atoms with Gasteiger partial charge in [-0.15, -0.1) is 0 Å². The van der Waals surface area contributed by atoms with Crippen LogP contribution in [0.2, 0.25) is 5.02 Å². The molecule has 5 nitrogen and oxygen atoms in total. The highest BCUT2D eigenvalue weighted by Crippen LogP contribution is 2.28. The number of nitrogens with zero attached hydrogens (tertiary/aromatic N) is 2. The van der Waals surface area contributed by atoms with Crippen molar-refractivity contribution >= 4 is 23.4 Å². The molecule has 2 N–H and O–H groups in total. The van der Waals surface area contributed by atoms with Gasteiger partial charge in [0.2, 0.25) is 5.91 Å². The Hall–Kier alpha value is -1.59. The molecule has 1 aliphatic heterocycles. The molecule has 0 saturated carbocycles. The highest BCUT2D eigenvalue weighted by Gasteiger charge is 2.38. The molecule has 1 fully saturated rings. The van der Waals surface area contributed by atoms with Gasteiger partial charge in [-0.05, 0) is 31.0 Å². The van der Waals surface area contributed by atoms with E-state index in [1.165, 1.54) is 0 Å². The summed E-state index contributed by atoms with van der Waals surface area (Å²) in [4.78, 5) is 29.0. The summed E-state index contributed by atoms with van der Waals surface area (Å²) in [5, 5.41) is 0.549. The van der Waals surface area contributed by atoms with Gasteiger partial charge in [0.15, 0.2) is 0 Å². The number of rotatable bonds is 5. The molecule has 0 atom stereocenters. The summed E-state index contributed by atoms with van der Waals surface area (Å²) in [7, 11) is 0. The van der Waals surface area contributed by atoms with Crippen LogP contribution in [0.5, 0.6) is 0 Å². The van der Waals surface area contributed by atoms with Crippen molar-refractivity contribution in [3.8, 4) is 0 Å². The maximum atomic E-state index is 12.8. The second kappa shape index (κ2) is 7.99. The quantitative estimate of drug-likeness (QED) is 0.885. The second-order valence-electron chi connectivity index (χ2n) is 6.29. The number of carbonyl (C=O) groups excluding carboxylic acids is 2. The first-order valence-electron chi connectivity index (χ1n) is 8.51. The molecule has 1 aromatic carbocycles. The number of hydrogen-bond acceptors (Lipinski definition) is 3. The molecular weight excluding hydrogens is 326 g/mol. The molecule has 24 heavy (non-hydrogen) atoms. The smallest absolute Gasteiger partial charge is 0.254 e. The zero-order chi connectivity index (χ0) is 17.7. The molecular formula is C18H26ClN3O2. The third-order valence-corrected chi connectivity index (χ3v) is 5.36. The monoisotopic (exact) mass is 351 g/mol. The SMILES string of the molecule is CCC(CC)(CN)C(=O)N1CCN(C(=O)c2cccc(Cl)c2)CC1. The van der Waals surface area contributed by atoms with Crippen molar-refractivity contribution in [2.24, 2.45) is 11.1 Å². The van der Waals surface area contributed by atoms with Crippen LogP contribution < -0.4 is 5.73 Å². The summed E-state index contributed by atoms with van der Waals surface area (Å²) in [5.41, 5.74) is 5.99. The molecule has 2 rings (SSSR count). The fourth-order valence-electron chi connectivity index (χ4n) is 3.18. The molecule has 0 aliphatic carbocycles. The van der Waals surface area contributed by atoms with E-state index in [1.54, 1.807) is 29.2 Å². The number of benzene rings is 1. The summed E-state index contributed by atoms with van der Waals surface area (Å²) in [6.45, 7) is 6.54. The van der Waals surface area contributed by atoms with Crippen molar-refractivity contribution in [3.63, 3.8) is 0 Å². The topological polar surface area (TPSA) is 66.6 Å². The highest BCUT2D eigenvalue weighted by atomic mass is 35.5. The molecule has 0 unspecified atom stereocenters. The average molecular weight is 352 g/mol. The average Bonchev–Trinajstić information content (AvgIpc) is 2.63. The van der Waals surface area contributed by atoms with E-state index < -0.39 is 5.41 Å². The predicted octanol–water partition coefficient (Wildman–Crippen LogP) is 2.39. The first kappa shape index (κ1) is 18.7. The molecule has 6 heteroatoms. The van der Waals surface area contributed by atoms with Crippen LogP contribution in [-0.2, 0) is 4.79 Å². The Kier molecular flexibility index (Phi) is 6.24. The van der Waals surface area contributed by atoms with Crippen molar-refractivity contribution in [3.05, 3.63) is 34.9 Å². The van der Waals surface area contributed by atoms with E-state index in [1.807, 2.05) is 18.7 Å². The first-order chi connectivity index (χ1) is 11.5. The summed E-state index contributed by atoms with van der Waals surface area (Å²) >= 11 is 5.96. The second-order valence-corrected chi connectivity index (χ2v) is 6.72. The molecule has 1 heterocycles. The van der Waals surface area contributed by atoms with E-state index in [0.29, 0.717) is 43.3 Å². The maximum Gasteiger partial charge on any atom is 0.254 e. The Morgan fingerprint density at radius 1 is 1.12 bits per heavy atom. The van der Waals surface area contributed by atoms with E-state index in [0.717, 1.165) is 12.8 Å². The van der Waals surface area contributed by atoms with E-state index >= 15 is 0 Å². The fourth-order valence-corrected chi connectivity index (χ4v) is 3.37. The Labute approximate surface area is 148 Å². The molecule has 0 radical (unpaired) electrons. The van der Waals surface area contributed by atoms with Crippen LogP contribution in [0, 0.1) is 5.41 Å². The molecule has 2 amide bonds. The van der Waals surface area contributed by atoms with Gasteiger partial charge in [0, 0.05) is 43.3 Å². The highest BCUT2D eigenvalue weighted by molar-refractivity contribution is 6.30. The van der Waals surface area contributed by atoms with Gasteiger partial charge in [-0.3, -0.25) is 9.59 Å². The van der Waals surface area contributed by atoms with Crippen molar-refractivity contribution in [2.45, 2.75) is 26.7 Å². The van der Waals surface area contributed by atoms with Crippen LogP contribution in [-0.4, -0.2) is 54.3 Å². The maximum absolute atomic E-state index is 12.8. The lowest BCUT2D eigenvalue weighted by atomic mass is 9.81. The van der Waals surface area contributed by atoms with Gasteiger partial charge in [-0.25, -0.2) is 0 Å². The Bertz CT molecular complexity index is 585. The number of nitrogens with two attached hydrogens (primary N) is 1. The Balaban J connectivity index is 2.00. The third-order valence-electron chi connectivity index (χ3n) is 5.12. The number of amides is 2. The minimum atomic E-state index is -0.473. The molecule has 0 aromatic heterocycles. The fraction of sp³-hybridized carbons (Fsp3) is 0.556. The summed E-state index contributed by atoms with van der Waals surface area (Å²) < 4.78 is 0. The Morgan fingerprint density at radius 2 is 1.71 bits per heavy atom. The van der Waals surface area contributed by atoms with Crippen LogP contribution in [0.4, 0.5) is 0 Å². The number of carbonyl (C=O) groups is 2. The van der Waals surface area contributed by atoms with Gasteiger partial charge < -0.3 is 15.5 Å². The van der Waals surface area contributed by atoms with Gasteiger partial charge in [-0.2, -0.15) is 0 Å². The molecule has 1 aromatic rings. The van der Waals surface area contributed by atoms with Crippen LogP contribution >= 0.6 is 11.6 Å². The zero-order valence-corrected chi connectivity index (χ0v) is 15.2. The predicted molar refractivity (Wildman–Crippen MR) is 96.0 cm³/mol. The van der Waals surface area contributed by atoms with Gasteiger partial charge in [0.05, 0.1) is 5.41 Å². The standard InChI is InChI=1S/C18H26ClN3O2/c1-3-18(4-2,13-20)17(24)22-10-8-21(9-11-22)16(23)14-6-5-7-15(19)12-14/h5-7,12H,3-4,8-11,13,20H2,1-2H3.